The summed E-state index contributed by atoms with van der Waals surface area (Å²) in [5.41, 5.74) is -0.599. The van der Waals surface area contributed by atoms with Crippen molar-refractivity contribution in [3.63, 3.8) is 0 Å². The van der Waals surface area contributed by atoms with Crippen molar-refractivity contribution in [2.45, 2.75) is 51.6 Å². The number of rotatable bonds is 4. The van der Waals surface area contributed by atoms with Gasteiger partial charge in [0.1, 0.15) is 0 Å². The van der Waals surface area contributed by atoms with Crippen molar-refractivity contribution in [2.24, 2.45) is 17.3 Å². The number of aliphatic carboxylic acids is 1. The molecule has 2 aliphatic rings. The molecule has 0 aromatic carbocycles. The molecule has 2 bridgehead atoms. The average molecular weight is 212 g/mol. The number of aliphatic hydroxyl groups excluding tert-OH is 1. The van der Waals surface area contributed by atoms with Gasteiger partial charge in [0.15, 0.2) is 0 Å². The van der Waals surface area contributed by atoms with Gasteiger partial charge >= 0.3 is 5.97 Å². The predicted octanol–water partition coefficient (Wildman–Crippen LogP) is 2.04. The van der Waals surface area contributed by atoms with E-state index in [0.717, 1.165) is 19.3 Å². The molecule has 0 amide bonds. The maximum Gasteiger partial charge on any atom is 0.310 e. The van der Waals surface area contributed by atoms with Gasteiger partial charge in [-0.05, 0) is 43.9 Å². The molecule has 0 spiro atoms. The van der Waals surface area contributed by atoms with Crippen molar-refractivity contribution in [3.8, 4) is 0 Å². The molecule has 0 aromatic heterocycles. The molecule has 2 saturated carbocycles. The Labute approximate surface area is 90.5 Å². The summed E-state index contributed by atoms with van der Waals surface area (Å²) in [6.07, 6.45) is 4.79. The maximum atomic E-state index is 11.5. The highest BCUT2D eigenvalue weighted by Crippen LogP contribution is 2.58. The summed E-state index contributed by atoms with van der Waals surface area (Å²) in [5.74, 6) is 0.249. The van der Waals surface area contributed by atoms with Gasteiger partial charge in [-0.3, -0.25) is 4.79 Å². The Hall–Kier alpha value is -0.570. The van der Waals surface area contributed by atoms with Gasteiger partial charge in [0.25, 0.3) is 0 Å². The van der Waals surface area contributed by atoms with E-state index in [1.165, 1.54) is 6.42 Å². The number of hydrogen-bond donors (Lipinski definition) is 2. The fraction of sp³-hybridized carbons (Fsp3) is 0.917. The van der Waals surface area contributed by atoms with E-state index in [0.29, 0.717) is 24.7 Å². The molecule has 0 radical (unpaired) electrons. The quantitative estimate of drug-likeness (QED) is 0.749. The molecule has 2 aliphatic carbocycles. The molecular weight excluding hydrogens is 192 g/mol. The minimum absolute atomic E-state index is 0.321. The monoisotopic (exact) mass is 212 g/mol. The van der Waals surface area contributed by atoms with Crippen molar-refractivity contribution in [1.82, 2.24) is 0 Å². The standard InChI is InChI=1S/C12H20O3/c1-2-10(13)7-12(11(14)15)6-8-3-4-9(12)5-8/h8-10,13H,2-7H2,1H3,(H,14,15). The van der Waals surface area contributed by atoms with E-state index < -0.39 is 17.5 Å². The van der Waals surface area contributed by atoms with Crippen LogP contribution in [0.5, 0.6) is 0 Å². The fourth-order valence-electron chi connectivity index (χ4n) is 3.61. The average Bonchev–Trinajstić information content (AvgIpc) is 2.77. The first-order valence-corrected chi connectivity index (χ1v) is 6.00. The van der Waals surface area contributed by atoms with Crippen LogP contribution in [0.15, 0.2) is 0 Å². The van der Waals surface area contributed by atoms with E-state index in [9.17, 15) is 15.0 Å². The smallest absolute Gasteiger partial charge is 0.310 e. The molecule has 4 atom stereocenters. The van der Waals surface area contributed by atoms with Crippen molar-refractivity contribution >= 4 is 5.97 Å². The van der Waals surface area contributed by atoms with Crippen LogP contribution >= 0.6 is 0 Å². The minimum atomic E-state index is -0.679. The Morgan fingerprint density at radius 3 is 2.67 bits per heavy atom. The fourth-order valence-corrected chi connectivity index (χ4v) is 3.61. The number of carboxylic acid groups (broad SMARTS) is 1. The van der Waals surface area contributed by atoms with Gasteiger partial charge < -0.3 is 10.2 Å². The van der Waals surface area contributed by atoms with Gasteiger partial charge in [-0.25, -0.2) is 0 Å². The maximum absolute atomic E-state index is 11.5. The van der Waals surface area contributed by atoms with Crippen molar-refractivity contribution < 1.29 is 15.0 Å². The van der Waals surface area contributed by atoms with Gasteiger partial charge in [-0.15, -0.1) is 0 Å². The minimum Gasteiger partial charge on any atom is -0.481 e. The molecule has 2 N–H and O–H groups in total. The highest BCUT2D eigenvalue weighted by atomic mass is 16.4. The van der Waals surface area contributed by atoms with Crippen LogP contribution in [0, 0.1) is 17.3 Å². The topological polar surface area (TPSA) is 57.5 Å². The largest absolute Gasteiger partial charge is 0.481 e. The third-order valence-electron chi connectivity index (χ3n) is 4.47. The second-order valence-electron chi connectivity index (χ2n) is 5.31. The second-order valence-corrected chi connectivity index (χ2v) is 5.31. The van der Waals surface area contributed by atoms with Gasteiger partial charge in [-0.2, -0.15) is 0 Å². The first kappa shape index (κ1) is 10.9. The van der Waals surface area contributed by atoms with E-state index in [2.05, 4.69) is 0 Å². The SMILES string of the molecule is CCC(O)CC1(C(=O)O)CC2CCC1C2. The summed E-state index contributed by atoms with van der Waals surface area (Å²) in [6.45, 7) is 1.91. The Balaban J connectivity index is 2.15. The molecule has 3 nitrogen and oxygen atoms in total. The zero-order chi connectivity index (χ0) is 11.1. The Bertz CT molecular complexity index is 264. The van der Waals surface area contributed by atoms with Gasteiger partial charge in [0, 0.05) is 0 Å². The molecule has 0 heterocycles. The molecular formula is C12H20O3. The number of aliphatic hydroxyl groups is 1. The van der Waals surface area contributed by atoms with Crippen molar-refractivity contribution in [3.05, 3.63) is 0 Å². The number of carbonyl (C=O) groups is 1. The Morgan fingerprint density at radius 1 is 1.53 bits per heavy atom. The number of hydrogen-bond acceptors (Lipinski definition) is 2. The van der Waals surface area contributed by atoms with Gasteiger partial charge in [0.2, 0.25) is 0 Å². The Kier molecular flexibility index (Phi) is 2.75. The van der Waals surface area contributed by atoms with E-state index in [4.69, 9.17) is 0 Å². The van der Waals surface area contributed by atoms with E-state index >= 15 is 0 Å². The third-order valence-corrected chi connectivity index (χ3v) is 4.47. The van der Waals surface area contributed by atoms with Crippen LogP contribution < -0.4 is 0 Å². The van der Waals surface area contributed by atoms with Crippen LogP contribution in [0.4, 0.5) is 0 Å². The van der Waals surface area contributed by atoms with Crippen molar-refractivity contribution in [1.29, 1.82) is 0 Å². The van der Waals surface area contributed by atoms with Crippen LogP contribution in [0.25, 0.3) is 0 Å². The van der Waals surface area contributed by atoms with E-state index in [1.807, 2.05) is 6.92 Å². The number of carboxylic acids is 1. The first-order chi connectivity index (χ1) is 7.08. The Morgan fingerprint density at radius 2 is 2.27 bits per heavy atom. The molecule has 2 fully saturated rings. The van der Waals surface area contributed by atoms with Gasteiger partial charge in [-0.1, -0.05) is 13.3 Å². The summed E-state index contributed by atoms with van der Waals surface area (Å²) in [7, 11) is 0. The molecule has 15 heavy (non-hydrogen) atoms. The second kappa shape index (κ2) is 3.78. The molecule has 86 valence electrons. The highest BCUT2D eigenvalue weighted by Gasteiger charge is 2.56. The normalized spacial score (nSPS) is 40.7. The molecule has 4 unspecified atom stereocenters. The lowest BCUT2D eigenvalue weighted by molar-refractivity contribution is -0.155. The third kappa shape index (κ3) is 1.67. The molecule has 2 rings (SSSR count). The molecule has 3 heteroatoms. The summed E-state index contributed by atoms with van der Waals surface area (Å²) < 4.78 is 0. The lowest BCUT2D eigenvalue weighted by Crippen LogP contribution is -2.39. The van der Waals surface area contributed by atoms with Crippen LogP contribution in [0.2, 0.25) is 0 Å². The summed E-state index contributed by atoms with van der Waals surface area (Å²) in [4.78, 5) is 11.5. The van der Waals surface area contributed by atoms with Crippen molar-refractivity contribution in [2.75, 3.05) is 0 Å². The summed E-state index contributed by atoms with van der Waals surface area (Å²) in [5, 5.41) is 19.1. The van der Waals surface area contributed by atoms with Crippen LogP contribution in [-0.4, -0.2) is 22.3 Å². The predicted molar refractivity (Wildman–Crippen MR) is 56.4 cm³/mol. The lowest BCUT2D eigenvalue weighted by atomic mass is 9.69. The zero-order valence-electron chi connectivity index (χ0n) is 9.28. The first-order valence-electron chi connectivity index (χ1n) is 6.00. The molecule has 0 aromatic rings. The van der Waals surface area contributed by atoms with Crippen LogP contribution in [0.3, 0.4) is 0 Å². The van der Waals surface area contributed by atoms with Crippen LogP contribution in [-0.2, 0) is 4.79 Å². The molecule has 0 saturated heterocycles. The van der Waals surface area contributed by atoms with Gasteiger partial charge in [0.05, 0.1) is 11.5 Å². The van der Waals surface area contributed by atoms with Crippen LogP contribution in [0.1, 0.15) is 45.4 Å². The number of fused-ring (bicyclic) bond motifs is 2. The molecule has 0 aliphatic heterocycles. The van der Waals surface area contributed by atoms with E-state index in [1.54, 1.807) is 0 Å². The highest BCUT2D eigenvalue weighted by molar-refractivity contribution is 5.76. The summed E-state index contributed by atoms with van der Waals surface area (Å²) in [6, 6.07) is 0. The zero-order valence-corrected chi connectivity index (χ0v) is 9.28. The van der Waals surface area contributed by atoms with E-state index in [-0.39, 0.29) is 0 Å². The summed E-state index contributed by atoms with van der Waals surface area (Å²) >= 11 is 0. The lowest BCUT2D eigenvalue weighted by Gasteiger charge is -2.35.